The van der Waals surface area contributed by atoms with Crippen LogP contribution in [-0.4, -0.2) is 40.6 Å². The number of anilines is 1. The van der Waals surface area contributed by atoms with Crippen molar-refractivity contribution in [1.29, 1.82) is 0 Å². The maximum atomic E-state index is 12.1. The predicted octanol–water partition coefficient (Wildman–Crippen LogP) is 3.10. The second kappa shape index (κ2) is 7.32. The van der Waals surface area contributed by atoms with Crippen LogP contribution in [0.25, 0.3) is 0 Å². The van der Waals surface area contributed by atoms with E-state index in [1.165, 1.54) is 0 Å². The number of benzene rings is 1. The minimum absolute atomic E-state index is 0.0664. The van der Waals surface area contributed by atoms with E-state index in [1.54, 1.807) is 12.1 Å². The first-order chi connectivity index (χ1) is 11.5. The molecule has 128 valence electrons. The summed E-state index contributed by atoms with van der Waals surface area (Å²) in [5.41, 5.74) is 0.581. The van der Waals surface area contributed by atoms with Gasteiger partial charge in [-0.1, -0.05) is 28.9 Å². The van der Waals surface area contributed by atoms with Crippen LogP contribution >= 0.6 is 11.6 Å². The number of para-hydroxylation sites is 1. The first kappa shape index (κ1) is 16.9. The van der Waals surface area contributed by atoms with Crippen LogP contribution in [0.1, 0.15) is 37.4 Å². The van der Waals surface area contributed by atoms with Gasteiger partial charge in [0.05, 0.1) is 17.1 Å². The second-order valence-corrected chi connectivity index (χ2v) is 6.71. The number of carbonyl (C=O) groups excluding carboxylic acids is 1. The number of nitrogens with one attached hydrogen (secondary N) is 1. The summed E-state index contributed by atoms with van der Waals surface area (Å²) in [5.74, 6) is 1.09. The summed E-state index contributed by atoms with van der Waals surface area (Å²) in [7, 11) is 2.12. The molecule has 1 aliphatic heterocycles. The van der Waals surface area contributed by atoms with Crippen LogP contribution in [0, 0.1) is 0 Å². The highest BCUT2D eigenvalue weighted by Gasteiger charge is 2.28. The van der Waals surface area contributed by atoms with Crippen LogP contribution in [0.4, 0.5) is 5.69 Å². The van der Waals surface area contributed by atoms with Gasteiger partial charge in [0.2, 0.25) is 11.8 Å². The SMILES string of the molecule is C[C@H]1C[C@@H](c2nc(CC(=O)Nc3ccccc3Cl)no2)CCN1C. The van der Waals surface area contributed by atoms with Gasteiger partial charge in [0.15, 0.2) is 5.82 Å². The third-order valence-electron chi connectivity index (χ3n) is 4.51. The zero-order valence-electron chi connectivity index (χ0n) is 13.8. The number of piperidine rings is 1. The number of amides is 1. The largest absolute Gasteiger partial charge is 0.339 e. The molecular weight excluding hydrogens is 328 g/mol. The molecule has 1 aromatic heterocycles. The standard InChI is InChI=1S/C17H21ClN4O2/c1-11-9-12(7-8-22(11)2)17-20-15(21-24-17)10-16(23)19-14-6-4-3-5-13(14)18/h3-6,11-12H,7-10H2,1-2H3,(H,19,23)/t11-,12-/m0/s1. The lowest BCUT2D eigenvalue weighted by Gasteiger charge is -2.33. The Labute approximate surface area is 146 Å². The third-order valence-corrected chi connectivity index (χ3v) is 4.84. The minimum Gasteiger partial charge on any atom is -0.339 e. The summed E-state index contributed by atoms with van der Waals surface area (Å²) in [5, 5.41) is 7.21. The van der Waals surface area contributed by atoms with Crippen molar-refractivity contribution in [3.05, 3.63) is 41.0 Å². The van der Waals surface area contributed by atoms with E-state index in [-0.39, 0.29) is 18.2 Å². The van der Waals surface area contributed by atoms with Crippen molar-refractivity contribution >= 4 is 23.2 Å². The smallest absolute Gasteiger partial charge is 0.232 e. The van der Waals surface area contributed by atoms with Gasteiger partial charge in [-0.2, -0.15) is 4.98 Å². The van der Waals surface area contributed by atoms with E-state index in [2.05, 4.69) is 34.3 Å². The van der Waals surface area contributed by atoms with Gasteiger partial charge in [0.1, 0.15) is 0 Å². The number of carbonyl (C=O) groups is 1. The van der Waals surface area contributed by atoms with Gasteiger partial charge in [0.25, 0.3) is 0 Å². The maximum Gasteiger partial charge on any atom is 0.232 e. The lowest BCUT2D eigenvalue weighted by atomic mass is 9.92. The van der Waals surface area contributed by atoms with E-state index in [1.807, 2.05) is 12.1 Å². The highest BCUT2D eigenvalue weighted by atomic mass is 35.5. The Morgan fingerprint density at radius 3 is 3.00 bits per heavy atom. The molecule has 0 bridgehead atoms. The molecule has 0 radical (unpaired) electrons. The summed E-state index contributed by atoms with van der Waals surface area (Å²) in [6.45, 7) is 3.21. The van der Waals surface area contributed by atoms with Crippen molar-refractivity contribution in [2.24, 2.45) is 0 Å². The number of aromatic nitrogens is 2. The Bertz CT molecular complexity index is 718. The van der Waals surface area contributed by atoms with Crippen molar-refractivity contribution in [3.8, 4) is 0 Å². The Kier molecular flexibility index (Phi) is 5.16. The quantitative estimate of drug-likeness (QED) is 0.919. The molecule has 0 spiro atoms. The molecule has 1 saturated heterocycles. The summed E-state index contributed by atoms with van der Waals surface area (Å²) in [6, 6.07) is 7.59. The van der Waals surface area contributed by atoms with Crippen LogP contribution in [0.15, 0.2) is 28.8 Å². The zero-order valence-corrected chi connectivity index (χ0v) is 14.6. The number of rotatable bonds is 4. The molecule has 1 amide bonds. The van der Waals surface area contributed by atoms with Gasteiger partial charge in [-0.25, -0.2) is 0 Å². The Morgan fingerprint density at radius 2 is 2.25 bits per heavy atom. The molecule has 0 unspecified atom stereocenters. The number of likely N-dealkylation sites (tertiary alicyclic amines) is 1. The fourth-order valence-electron chi connectivity index (χ4n) is 2.92. The maximum absolute atomic E-state index is 12.1. The van der Waals surface area contributed by atoms with E-state index in [0.29, 0.717) is 28.5 Å². The summed E-state index contributed by atoms with van der Waals surface area (Å²) >= 11 is 6.03. The number of halogens is 1. The second-order valence-electron chi connectivity index (χ2n) is 6.30. The lowest BCUT2D eigenvalue weighted by Crippen LogP contribution is -2.37. The van der Waals surface area contributed by atoms with Crippen molar-refractivity contribution in [1.82, 2.24) is 15.0 Å². The zero-order chi connectivity index (χ0) is 17.1. The van der Waals surface area contributed by atoms with E-state index in [4.69, 9.17) is 16.1 Å². The molecule has 2 heterocycles. The number of hydrogen-bond acceptors (Lipinski definition) is 5. The molecule has 2 atom stereocenters. The monoisotopic (exact) mass is 348 g/mol. The third kappa shape index (κ3) is 3.94. The van der Waals surface area contributed by atoms with E-state index < -0.39 is 0 Å². The lowest BCUT2D eigenvalue weighted by molar-refractivity contribution is -0.115. The van der Waals surface area contributed by atoms with Crippen molar-refractivity contribution < 1.29 is 9.32 Å². The van der Waals surface area contributed by atoms with Crippen LogP contribution < -0.4 is 5.32 Å². The molecule has 0 aliphatic carbocycles. The highest BCUT2D eigenvalue weighted by Crippen LogP contribution is 2.29. The van der Waals surface area contributed by atoms with Gasteiger partial charge in [-0.3, -0.25) is 4.79 Å². The molecule has 0 saturated carbocycles. The molecule has 24 heavy (non-hydrogen) atoms. The molecular formula is C17H21ClN4O2. The summed E-state index contributed by atoms with van der Waals surface area (Å²) < 4.78 is 5.38. The van der Waals surface area contributed by atoms with Gasteiger partial charge in [0, 0.05) is 12.0 Å². The Hall–Kier alpha value is -1.92. The molecule has 6 nitrogen and oxygen atoms in total. The van der Waals surface area contributed by atoms with Crippen LogP contribution in [-0.2, 0) is 11.2 Å². The fraction of sp³-hybridized carbons (Fsp3) is 0.471. The number of nitrogens with zero attached hydrogens (tertiary/aromatic N) is 3. The summed E-state index contributed by atoms with van der Waals surface area (Å²) in [6.07, 6.45) is 2.05. The van der Waals surface area contributed by atoms with E-state index >= 15 is 0 Å². The molecule has 7 heteroatoms. The van der Waals surface area contributed by atoms with E-state index in [9.17, 15) is 4.79 Å². The molecule has 1 aromatic carbocycles. The van der Waals surface area contributed by atoms with Crippen LogP contribution in [0.5, 0.6) is 0 Å². The van der Waals surface area contributed by atoms with Crippen molar-refractivity contribution in [2.45, 2.75) is 38.1 Å². The average Bonchev–Trinajstić information content (AvgIpc) is 3.00. The summed E-state index contributed by atoms with van der Waals surface area (Å²) in [4.78, 5) is 18.8. The Balaban J connectivity index is 1.60. The minimum atomic E-state index is -0.216. The molecule has 1 fully saturated rings. The molecule has 1 N–H and O–H groups in total. The van der Waals surface area contributed by atoms with Crippen LogP contribution in [0.3, 0.4) is 0 Å². The Morgan fingerprint density at radius 1 is 1.46 bits per heavy atom. The van der Waals surface area contributed by atoms with E-state index in [0.717, 1.165) is 19.4 Å². The normalized spacial score (nSPS) is 21.6. The average molecular weight is 349 g/mol. The molecule has 1 aliphatic rings. The first-order valence-electron chi connectivity index (χ1n) is 8.10. The fourth-order valence-corrected chi connectivity index (χ4v) is 3.10. The number of hydrogen-bond donors (Lipinski definition) is 1. The molecule has 3 rings (SSSR count). The highest BCUT2D eigenvalue weighted by molar-refractivity contribution is 6.33. The van der Waals surface area contributed by atoms with Gasteiger partial charge < -0.3 is 14.7 Å². The van der Waals surface area contributed by atoms with Gasteiger partial charge in [-0.15, -0.1) is 0 Å². The van der Waals surface area contributed by atoms with Crippen molar-refractivity contribution in [3.63, 3.8) is 0 Å². The first-order valence-corrected chi connectivity index (χ1v) is 8.48. The molecule has 2 aromatic rings. The van der Waals surface area contributed by atoms with Gasteiger partial charge >= 0.3 is 0 Å². The topological polar surface area (TPSA) is 71.3 Å². The van der Waals surface area contributed by atoms with Crippen LogP contribution in [0.2, 0.25) is 5.02 Å². The van der Waals surface area contributed by atoms with Crippen molar-refractivity contribution in [2.75, 3.05) is 18.9 Å². The van der Waals surface area contributed by atoms with Gasteiger partial charge in [-0.05, 0) is 45.5 Å². The predicted molar refractivity (Wildman–Crippen MR) is 92.2 cm³/mol.